The molecule has 3 aromatic carbocycles. The van der Waals surface area contributed by atoms with Gasteiger partial charge in [-0.25, -0.2) is 4.79 Å². The average Bonchev–Trinajstić information content (AvgIpc) is 3.60. The summed E-state index contributed by atoms with van der Waals surface area (Å²) in [4.78, 5) is 20.3. The first-order chi connectivity index (χ1) is 21.1. The van der Waals surface area contributed by atoms with E-state index < -0.39 is 0 Å². The lowest BCUT2D eigenvalue weighted by Gasteiger charge is -2.33. The minimum Gasteiger partial charge on any atom is -0.348 e. The van der Waals surface area contributed by atoms with Crippen molar-refractivity contribution in [3.8, 4) is 0 Å². The van der Waals surface area contributed by atoms with Crippen molar-refractivity contribution in [1.82, 2.24) is 4.57 Å². The number of unbranched alkanes of at least 4 members (excludes halogenated alkanes) is 3. The smallest absolute Gasteiger partial charge is 0.348 e. The molecule has 3 aliphatic rings. The zero-order valence-electron chi connectivity index (χ0n) is 25.2. The van der Waals surface area contributed by atoms with Gasteiger partial charge in [-0.1, -0.05) is 85.9 Å². The third kappa shape index (κ3) is 5.11. The molecule has 1 atom stereocenters. The van der Waals surface area contributed by atoms with E-state index in [-0.39, 0.29) is 5.97 Å². The fourth-order valence-electron chi connectivity index (χ4n) is 7.11. The first-order valence-corrected chi connectivity index (χ1v) is 15.9. The van der Waals surface area contributed by atoms with Crippen LogP contribution in [0.2, 0.25) is 0 Å². The average molecular weight is 570 g/mol. The van der Waals surface area contributed by atoms with Gasteiger partial charge >= 0.3 is 5.97 Å². The van der Waals surface area contributed by atoms with Crippen LogP contribution in [0.5, 0.6) is 0 Å². The van der Waals surface area contributed by atoms with Crippen LogP contribution in [0.25, 0.3) is 21.8 Å². The minimum absolute atomic E-state index is 0.348. The molecule has 0 N–H and O–H groups in total. The highest BCUT2D eigenvalue weighted by atomic mass is 16.7. The molecule has 1 aliphatic heterocycles. The molecule has 218 valence electrons. The Morgan fingerprint density at radius 1 is 0.884 bits per heavy atom. The maximum atomic E-state index is 12.8. The number of anilines is 1. The summed E-state index contributed by atoms with van der Waals surface area (Å²) < 4.78 is 2.51. The highest BCUT2D eigenvalue weighted by molar-refractivity contribution is 6.29. The number of oxime groups is 1. The Morgan fingerprint density at radius 3 is 2.53 bits per heavy atom. The van der Waals surface area contributed by atoms with Gasteiger partial charge in [-0.15, -0.1) is 0 Å². The Morgan fingerprint density at radius 2 is 1.67 bits per heavy atom. The highest BCUT2D eigenvalue weighted by Gasteiger charge is 2.33. The number of aryl methyl sites for hydroxylation is 1. The van der Waals surface area contributed by atoms with Crippen molar-refractivity contribution >= 4 is 39.2 Å². The van der Waals surface area contributed by atoms with Crippen molar-refractivity contribution in [2.75, 3.05) is 11.9 Å². The predicted molar refractivity (Wildman–Crippen MR) is 176 cm³/mol. The van der Waals surface area contributed by atoms with Crippen LogP contribution < -0.4 is 4.90 Å². The van der Waals surface area contributed by atoms with Crippen molar-refractivity contribution in [2.24, 2.45) is 11.1 Å². The van der Waals surface area contributed by atoms with Gasteiger partial charge in [0.15, 0.2) is 0 Å². The van der Waals surface area contributed by atoms with Gasteiger partial charge in [0, 0.05) is 52.3 Å². The van der Waals surface area contributed by atoms with Crippen LogP contribution in [0.15, 0.2) is 113 Å². The number of aromatic nitrogens is 1. The van der Waals surface area contributed by atoms with Gasteiger partial charge < -0.3 is 14.3 Å². The normalized spacial score (nSPS) is 20.1. The fraction of sp³-hybridized carbons (Fsp3) is 0.316. The van der Waals surface area contributed by atoms with Crippen LogP contribution in [-0.4, -0.2) is 23.3 Å². The van der Waals surface area contributed by atoms with Crippen LogP contribution >= 0.6 is 0 Å². The first kappa shape index (κ1) is 27.5. The zero-order valence-corrected chi connectivity index (χ0v) is 25.2. The van der Waals surface area contributed by atoms with Gasteiger partial charge in [-0.3, -0.25) is 0 Å². The maximum Gasteiger partial charge on any atom is 0.368 e. The molecule has 0 saturated carbocycles. The van der Waals surface area contributed by atoms with Crippen LogP contribution in [0.3, 0.4) is 0 Å². The first-order valence-electron chi connectivity index (χ1n) is 15.9. The van der Waals surface area contributed by atoms with Crippen molar-refractivity contribution in [2.45, 2.75) is 64.8 Å². The molecular weight excluding hydrogens is 530 g/mol. The second-order valence-corrected chi connectivity index (χ2v) is 12.1. The lowest BCUT2D eigenvalue weighted by Crippen LogP contribution is -2.23. The Bertz CT molecular complexity index is 1820. The number of para-hydroxylation sites is 1. The third-order valence-corrected chi connectivity index (χ3v) is 9.50. The lowest BCUT2D eigenvalue weighted by atomic mass is 9.77. The van der Waals surface area contributed by atoms with Crippen molar-refractivity contribution < 1.29 is 9.63 Å². The summed E-state index contributed by atoms with van der Waals surface area (Å²) in [5, 5.41) is 6.80. The lowest BCUT2D eigenvalue weighted by molar-refractivity contribution is -0.136. The fourth-order valence-corrected chi connectivity index (χ4v) is 7.11. The van der Waals surface area contributed by atoms with Gasteiger partial charge in [-0.2, -0.15) is 0 Å². The van der Waals surface area contributed by atoms with Gasteiger partial charge in [0.2, 0.25) is 0 Å². The van der Waals surface area contributed by atoms with Crippen LogP contribution in [-0.2, 0) is 16.2 Å². The van der Waals surface area contributed by atoms with Gasteiger partial charge in [0.25, 0.3) is 0 Å². The number of rotatable bonds is 8. The van der Waals surface area contributed by atoms with Crippen molar-refractivity contribution in [1.29, 1.82) is 0 Å². The number of benzene rings is 3. The van der Waals surface area contributed by atoms with E-state index in [4.69, 9.17) is 4.84 Å². The minimum atomic E-state index is -0.348. The van der Waals surface area contributed by atoms with E-state index in [1.165, 1.54) is 64.4 Å². The van der Waals surface area contributed by atoms with E-state index in [1.54, 1.807) is 0 Å². The maximum absolute atomic E-state index is 12.8. The van der Waals surface area contributed by atoms with E-state index in [0.29, 0.717) is 17.2 Å². The molecule has 1 unspecified atom stereocenters. The van der Waals surface area contributed by atoms with E-state index in [9.17, 15) is 4.79 Å². The Labute approximate surface area is 253 Å². The van der Waals surface area contributed by atoms with Crippen molar-refractivity contribution in [3.05, 3.63) is 113 Å². The summed E-state index contributed by atoms with van der Waals surface area (Å²) in [5.41, 5.74) is 9.66. The van der Waals surface area contributed by atoms with Gasteiger partial charge in [0.05, 0.1) is 5.57 Å². The van der Waals surface area contributed by atoms with E-state index in [2.05, 4.69) is 83.2 Å². The molecule has 0 spiro atoms. The topological polar surface area (TPSA) is 46.8 Å². The molecule has 7 rings (SSSR count). The summed E-state index contributed by atoms with van der Waals surface area (Å²) in [6, 6.07) is 25.6. The molecule has 2 heterocycles. The predicted octanol–water partition coefficient (Wildman–Crippen LogP) is 9.08. The number of nitrogens with zero attached hydrogens (tertiary/aromatic N) is 3. The molecule has 5 heteroatoms. The second-order valence-electron chi connectivity index (χ2n) is 12.1. The van der Waals surface area contributed by atoms with Crippen LogP contribution in [0.4, 0.5) is 5.69 Å². The Balaban J connectivity index is 1.21. The summed E-state index contributed by atoms with van der Waals surface area (Å²) in [6.07, 6.45) is 13.7. The van der Waals surface area contributed by atoms with E-state index in [1.807, 2.05) is 30.3 Å². The zero-order chi connectivity index (χ0) is 29.3. The molecule has 5 nitrogen and oxygen atoms in total. The number of carbonyl (C=O) groups is 1. The highest BCUT2D eigenvalue weighted by Crippen LogP contribution is 2.41. The third-order valence-electron chi connectivity index (χ3n) is 9.50. The number of hydrogen-bond acceptors (Lipinski definition) is 4. The SMILES string of the molecule is CCCCCCn1c2ccccc2c2cc(N(C)C3=CC4=C/C(=C5/C(=O)ON=C5c5ccccc5)CCC4CC3)ccc21. The molecule has 0 amide bonds. The molecule has 0 fully saturated rings. The van der Waals surface area contributed by atoms with E-state index >= 15 is 0 Å². The molecule has 0 radical (unpaired) electrons. The quantitative estimate of drug-likeness (QED) is 0.121. The Hall–Kier alpha value is -4.38. The number of fused-ring (bicyclic) bond motifs is 4. The molecule has 2 aliphatic carbocycles. The van der Waals surface area contributed by atoms with Crippen molar-refractivity contribution in [3.63, 3.8) is 0 Å². The largest absolute Gasteiger partial charge is 0.368 e. The van der Waals surface area contributed by atoms with Crippen LogP contribution in [0.1, 0.15) is 63.9 Å². The standard InChI is InChI=1S/C38H39N3O2/c1-3-4-5-11-22-41-34-15-10-9-14-32(34)33-25-31(20-21-35(33)41)40(2)30-19-18-26-16-17-28(23-29(26)24-30)36-37(39-43-38(36)42)27-12-7-6-8-13-27/h6-10,12-15,20-21,23-26H,3-5,11,16-19,22H2,1-2H3/b36-28+. The second kappa shape index (κ2) is 11.7. The summed E-state index contributed by atoms with van der Waals surface area (Å²) >= 11 is 0. The number of carbonyl (C=O) groups excluding carboxylic acids is 1. The molecule has 43 heavy (non-hydrogen) atoms. The number of hydrogen-bond donors (Lipinski definition) is 0. The molecular formula is C38H39N3O2. The summed E-state index contributed by atoms with van der Waals surface area (Å²) in [5.74, 6) is 0.170. The summed E-state index contributed by atoms with van der Waals surface area (Å²) in [7, 11) is 2.19. The monoisotopic (exact) mass is 569 g/mol. The Kier molecular flexibility index (Phi) is 7.48. The molecule has 0 bridgehead atoms. The van der Waals surface area contributed by atoms with E-state index in [0.717, 1.165) is 43.4 Å². The molecule has 0 saturated heterocycles. The van der Waals surface area contributed by atoms with Crippen LogP contribution in [0, 0.1) is 5.92 Å². The molecule has 1 aromatic heterocycles. The summed E-state index contributed by atoms with van der Waals surface area (Å²) in [6.45, 7) is 3.32. The number of allylic oxidation sites excluding steroid dienone is 5. The van der Waals surface area contributed by atoms with Gasteiger partial charge in [-0.05, 0) is 79.5 Å². The molecule has 4 aromatic rings. The van der Waals surface area contributed by atoms with Gasteiger partial charge in [0.1, 0.15) is 5.71 Å².